The van der Waals surface area contributed by atoms with E-state index in [-0.39, 0.29) is 12.5 Å². The summed E-state index contributed by atoms with van der Waals surface area (Å²) < 4.78 is 0. The molecule has 0 aromatic rings. The first kappa shape index (κ1) is 14.4. The van der Waals surface area contributed by atoms with Gasteiger partial charge in [-0.05, 0) is 20.3 Å². The maximum Gasteiger partial charge on any atom is 0.304 e. The van der Waals surface area contributed by atoms with Gasteiger partial charge in [0.2, 0.25) is 0 Å². The average Bonchev–Trinajstić information content (AvgIpc) is 2.10. The van der Waals surface area contributed by atoms with E-state index in [1.807, 2.05) is 6.92 Å². The Hall–Kier alpha value is -0.570. The second-order valence-corrected chi connectivity index (χ2v) is 4.42. The van der Waals surface area contributed by atoms with Crippen LogP contribution < -0.4 is 5.32 Å². The predicted octanol–water partition coefficient (Wildman–Crippen LogP) is 2.80. The number of carboxylic acid groups (broad SMARTS) is 1. The summed E-state index contributed by atoms with van der Waals surface area (Å²) in [6.45, 7) is 6.26. The molecule has 2 unspecified atom stereocenters. The van der Waals surface area contributed by atoms with Crippen molar-refractivity contribution in [1.29, 1.82) is 0 Å². The van der Waals surface area contributed by atoms with Gasteiger partial charge in [0.25, 0.3) is 0 Å². The molecule has 90 valence electrons. The molecule has 0 saturated carbocycles. The van der Waals surface area contributed by atoms with Crippen molar-refractivity contribution in [1.82, 2.24) is 5.32 Å². The maximum atomic E-state index is 10.5. The van der Waals surface area contributed by atoms with Crippen molar-refractivity contribution in [2.45, 2.75) is 71.4 Å². The van der Waals surface area contributed by atoms with Gasteiger partial charge in [-0.15, -0.1) is 0 Å². The molecule has 3 heteroatoms. The van der Waals surface area contributed by atoms with Gasteiger partial charge in [-0.3, -0.25) is 4.79 Å². The number of aliphatic carboxylic acids is 1. The molecule has 0 bridgehead atoms. The third-order valence-corrected chi connectivity index (χ3v) is 2.54. The van der Waals surface area contributed by atoms with Crippen molar-refractivity contribution in [2.75, 3.05) is 0 Å². The third kappa shape index (κ3) is 9.73. The first-order chi connectivity index (χ1) is 7.06. The number of hydrogen-bond donors (Lipinski definition) is 2. The SMILES string of the molecule is CCCCCCC(C)NC(C)CC(=O)O. The molecule has 0 amide bonds. The standard InChI is InChI=1S/C12H25NO2/c1-4-5-6-7-8-10(2)13-11(3)9-12(14)15/h10-11,13H,4-9H2,1-3H3,(H,14,15). The summed E-state index contributed by atoms with van der Waals surface area (Å²) in [5, 5.41) is 11.9. The maximum absolute atomic E-state index is 10.5. The first-order valence-corrected chi connectivity index (χ1v) is 6.04. The molecule has 0 aliphatic carbocycles. The Morgan fingerprint density at radius 2 is 1.87 bits per heavy atom. The van der Waals surface area contributed by atoms with Gasteiger partial charge in [-0.2, -0.15) is 0 Å². The summed E-state index contributed by atoms with van der Waals surface area (Å²) in [5.41, 5.74) is 0. The van der Waals surface area contributed by atoms with Gasteiger partial charge in [-0.1, -0.05) is 32.6 Å². The predicted molar refractivity (Wildman–Crippen MR) is 63.1 cm³/mol. The molecule has 0 heterocycles. The van der Waals surface area contributed by atoms with Crippen LogP contribution in [0.2, 0.25) is 0 Å². The summed E-state index contributed by atoms with van der Waals surface area (Å²) in [7, 11) is 0. The van der Waals surface area contributed by atoms with Crippen molar-refractivity contribution in [2.24, 2.45) is 0 Å². The molecule has 0 rings (SSSR count). The van der Waals surface area contributed by atoms with Gasteiger partial charge in [0, 0.05) is 12.1 Å². The molecule has 0 radical (unpaired) electrons. The molecule has 0 aliphatic rings. The van der Waals surface area contributed by atoms with Gasteiger partial charge < -0.3 is 10.4 Å². The lowest BCUT2D eigenvalue weighted by Crippen LogP contribution is -2.35. The molecule has 0 spiro atoms. The molecule has 15 heavy (non-hydrogen) atoms. The Bertz CT molecular complexity index is 171. The molecule has 0 fully saturated rings. The van der Waals surface area contributed by atoms with E-state index in [4.69, 9.17) is 5.11 Å². The summed E-state index contributed by atoms with van der Waals surface area (Å²) in [5.74, 6) is -0.729. The summed E-state index contributed by atoms with van der Waals surface area (Å²) in [6.07, 6.45) is 6.44. The summed E-state index contributed by atoms with van der Waals surface area (Å²) in [4.78, 5) is 10.5. The number of hydrogen-bond acceptors (Lipinski definition) is 2. The molecule has 0 aromatic heterocycles. The molecule has 0 aliphatic heterocycles. The van der Waals surface area contributed by atoms with Crippen LogP contribution in [0.5, 0.6) is 0 Å². The minimum atomic E-state index is -0.729. The van der Waals surface area contributed by atoms with Crippen molar-refractivity contribution < 1.29 is 9.90 Å². The van der Waals surface area contributed by atoms with E-state index in [1.54, 1.807) is 0 Å². The highest BCUT2D eigenvalue weighted by molar-refractivity contribution is 5.67. The van der Waals surface area contributed by atoms with Crippen LogP contribution in [0, 0.1) is 0 Å². The van der Waals surface area contributed by atoms with Crippen molar-refractivity contribution >= 4 is 5.97 Å². The fourth-order valence-electron chi connectivity index (χ4n) is 1.77. The zero-order chi connectivity index (χ0) is 11.7. The Morgan fingerprint density at radius 1 is 1.20 bits per heavy atom. The Kier molecular flexibility index (Phi) is 8.38. The number of rotatable bonds is 9. The van der Waals surface area contributed by atoms with Crippen LogP contribution in [0.15, 0.2) is 0 Å². The largest absolute Gasteiger partial charge is 0.481 e. The molecular weight excluding hydrogens is 190 g/mol. The van der Waals surface area contributed by atoms with E-state index >= 15 is 0 Å². The quantitative estimate of drug-likeness (QED) is 0.581. The molecule has 2 N–H and O–H groups in total. The molecular formula is C12H25NO2. The van der Waals surface area contributed by atoms with Gasteiger partial charge in [0.15, 0.2) is 0 Å². The Morgan fingerprint density at radius 3 is 2.40 bits per heavy atom. The number of carboxylic acids is 1. The Labute approximate surface area is 93.3 Å². The average molecular weight is 215 g/mol. The number of unbranched alkanes of at least 4 members (excludes halogenated alkanes) is 3. The second-order valence-electron chi connectivity index (χ2n) is 4.42. The second kappa shape index (κ2) is 8.72. The zero-order valence-electron chi connectivity index (χ0n) is 10.3. The van der Waals surface area contributed by atoms with Crippen LogP contribution in [0.1, 0.15) is 59.3 Å². The highest BCUT2D eigenvalue weighted by Gasteiger charge is 2.10. The van der Waals surface area contributed by atoms with Crippen LogP contribution in [0.25, 0.3) is 0 Å². The highest BCUT2D eigenvalue weighted by atomic mass is 16.4. The molecule has 3 nitrogen and oxygen atoms in total. The fourth-order valence-corrected chi connectivity index (χ4v) is 1.77. The van der Waals surface area contributed by atoms with Crippen molar-refractivity contribution in [3.8, 4) is 0 Å². The Balaban J connectivity index is 3.46. The lowest BCUT2D eigenvalue weighted by atomic mass is 10.1. The van der Waals surface area contributed by atoms with Crippen LogP contribution >= 0.6 is 0 Å². The van der Waals surface area contributed by atoms with Crippen LogP contribution in [0.4, 0.5) is 0 Å². The molecule has 2 atom stereocenters. The van der Waals surface area contributed by atoms with Crippen molar-refractivity contribution in [3.63, 3.8) is 0 Å². The van der Waals surface area contributed by atoms with Crippen LogP contribution in [-0.2, 0) is 4.79 Å². The molecule has 0 aromatic carbocycles. The monoisotopic (exact) mass is 215 g/mol. The fraction of sp³-hybridized carbons (Fsp3) is 0.917. The summed E-state index contributed by atoms with van der Waals surface area (Å²) >= 11 is 0. The highest BCUT2D eigenvalue weighted by Crippen LogP contribution is 2.06. The molecule has 0 saturated heterocycles. The van der Waals surface area contributed by atoms with Crippen molar-refractivity contribution in [3.05, 3.63) is 0 Å². The lowest BCUT2D eigenvalue weighted by molar-refractivity contribution is -0.137. The van der Waals surface area contributed by atoms with E-state index in [0.717, 1.165) is 6.42 Å². The minimum Gasteiger partial charge on any atom is -0.481 e. The van der Waals surface area contributed by atoms with E-state index in [0.29, 0.717) is 6.04 Å². The van der Waals surface area contributed by atoms with E-state index in [9.17, 15) is 4.79 Å². The van der Waals surface area contributed by atoms with Gasteiger partial charge in [0.05, 0.1) is 6.42 Å². The smallest absolute Gasteiger partial charge is 0.304 e. The van der Waals surface area contributed by atoms with Gasteiger partial charge >= 0.3 is 5.97 Å². The van der Waals surface area contributed by atoms with Crippen LogP contribution in [0.3, 0.4) is 0 Å². The normalized spacial score (nSPS) is 14.9. The zero-order valence-corrected chi connectivity index (χ0v) is 10.3. The van der Waals surface area contributed by atoms with Gasteiger partial charge in [-0.25, -0.2) is 0 Å². The first-order valence-electron chi connectivity index (χ1n) is 6.04. The number of carbonyl (C=O) groups is 1. The topological polar surface area (TPSA) is 49.3 Å². The number of nitrogens with one attached hydrogen (secondary N) is 1. The minimum absolute atomic E-state index is 0.0728. The van der Waals surface area contributed by atoms with E-state index in [1.165, 1.54) is 25.7 Å². The van der Waals surface area contributed by atoms with E-state index in [2.05, 4.69) is 19.2 Å². The summed E-state index contributed by atoms with van der Waals surface area (Å²) in [6, 6.07) is 0.500. The lowest BCUT2D eigenvalue weighted by Gasteiger charge is -2.18. The van der Waals surface area contributed by atoms with Crippen LogP contribution in [-0.4, -0.2) is 23.2 Å². The van der Waals surface area contributed by atoms with E-state index < -0.39 is 5.97 Å². The van der Waals surface area contributed by atoms with Gasteiger partial charge in [0.1, 0.15) is 0 Å². The third-order valence-electron chi connectivity index (χ3n) is 2.54.